The number of amides is 1. The Hall–Kier alpha value is -1.26. The Kier molecular flexibility index (Phi) is 6.33. The van der Waals surface area contributed by atoms with Crippen LogP contribution >= 0.6 is 27.7 Å². The van der Waals surface area contributed by atoms with E-state index in [1.54, 1.807) is 11.8 Å². The molecule has 0 aliphatic carbocycles. The van der Waals surface area contributed by atoms with Crippen molar-refractivity contribution in [1.29, 1.82) is 0 Å². The number of aryl methyl sites for hydroxylation is 1. The van der Waals surface area contributed by atoms with Crippen molar-refractivity contribution in [3.05, 3.63) is 69.7 Å². The largest absolute Gasteiger partial charge is 0.351 e. The first kappa shape index (κ1) is 16.1. The Morgan fingerprint density at radius 3 is 2.33 bits per heavy atom. The molecule has 2 aromatic carbocycles. The van der Waals surface area contributed by atoms with Crippen LogP contribution in [0.2, 0.25) is 0 Å². The van der Waals surface area contributed by atoms with Gasteiger partial charge in [0.1, 0.15) is 0 Å². The maximum Gasteiger partial charge on any atom is 0.230 e. The summed E-state index contributed by atoms with van der Waals surface area (Å²) in [5.74, 6) is 1.42. The van der Waals surface area contributed by atoms with Gasteiger partial charge in [0.15, 0.2) is 0 Å². The molecule has 0 aromatic heterocycles. The van der Waals surface area contributed by atoms with Crippen molar-refractivity contribution in [3.8, 4) is 0 Å². The molecule has 0 saturated heterocycles. The van der Waals surface area contributed by atoms with Crippen molar-refractivity contribution in [2.45, 2.75) is 19.2 Å². The van der Waals surface area contributed by atoms with Gasteiger partial charge in [0.05, 0.1) is 5.75 Å². The van der Waals surface area contributed by atoms with Crippen LogP contribution < -0.4 is 5.32 Å². The van der Waals surface area contributed by atoms with Crippen LogP contribution in [-0.4, -0.2) is 11.7 Å². The fourth-order valence-electron chi connectivity index (χ4n) is 1.80. The summed E-state index contributed by atoms with van der Waals surface area (Å²) in [5, 5.41) is 2.95. The van der Waals surface area contributed by atoms with Gasteiger partial charge in [-0.05, 0) is 30.2 Å². The number of rotatable bonds is 6. The summed E-state index contributed by atoms with van der Waals surface area (Å²) in [5.41, 5.74) is 3.59. The molecule has 0 radical (unpaired) electrons. The van der Waals surface area contributed by atoms with Crippen LogP contribution in [0.4, 0.5) is 0 Å². The topological polar surface area (TPSA) is 29.1 Å². The third kappa shape index (κ3) is 5.94. The number of hydrogen-bond acceptors (Lipinski definition) is 2. The Morgan fingerprint density at radius 1 is 1.05 bits per heavy atom. The quantitative estimate of drug-likeness (QED) is 0.828. The van der Waals surface area contributed by atoms with Gasteiger partial charge in [0.2, 0.25) is 5.91 Å². The zero-order valence-electron chi connectivity index (χ0n) is 11.9. The standard InChI is InChI=1S/C17H18BrNOS/c1-13-2-4-14(5-3-13)10-19-17(20)12-21-11-15-6-8-16(18)9-7-15/h2-9H,10-12H2,1H3,(H,19,20). The number of halogens is 1. The molecular weight excluding hydrogens is 346 g/mol. The molecule has 0 fully saturated rings. The van der Waals surface area contributed by atoms with Gasteiger partial charge in [-0.15, -0.1) is 11.8 Å². The van der Waals surface area contributed by atoms with Gasteiger partial charge in [0, 0.05) is 16.8 Å². The van der Waals surface area contributed by atoms with Crippen molar-refractivity contribution in [3.63, 3.8) is 0 Å². The van der Waals surface area contributed by atoms with Crippen molar-refractivity contribution < 1.29 is 4.79 Å². The summed E-state index contributed by atoms with van der Waals surface area (Å²) in [7, 11) is 0. The van der Waals surface area contributed by atoms with Crippen LogP contribution in [0.1, 0.15) is 16.7 Å². The van der Waals surface area contributed by atoms with Crippen molar-refractivity contribution >= 4 is 33.6 Å². The maximum absolute atomic E-state index is 11.8. The Balaban J connectivity index is 1.67. The number of benzene rings is 2. The maximum atomic E-state index is 11.8. The second-order valence-corrected chi connectivity index (χ2v) is 6.78. The first-order valence-corrected chi connectivity index (χ1v) is 8.73. The van der Waals surface area contributed by atoms with E-state index in [2.05, 4.69) is 52.4 Å². The van der Waals surface area contributed by atoms with Crippen molar-refractivity contribution in [2.24, 2.45) is 0 Å². The average Bonchev–Trinajstić information content (AvgIpc) is 2.49. The van der Waals surface area contributed by atoms with Gasteiger partial charge in [-0.1, -0.05) is 57.9 Å². The predicted octanol–water partition coefficient (Wildman–Crippen LogP) is 4.31. The highest BCUT2D eigenvalue weighted by Gasteiger charge is 2.02. The SMILES string of the molecule is Cc1ccc(CNC(=O)CSCc2ccc(Br)cc2)cc1. The molecule has 1 amide bonds. The third-order valence-corrected chi connectivity index (χ3v) is 4.56. The molecule has 4 heteroatoms. The monoisotopic (exact) mass is 363 g/mol. The number of hydrogen-bond donors (Lipinski definition) is 1. The molecular formula is C17H18BrNOS. The van der Waals surface area contributed by atoms with E-state index >= 15 is 0 Å². The lowest BCUT2D eigenvalue weighted by Gasteiger charge is -2.06. The number of carbonyl (C=O) groups excluding carboxylic acids is 1. The van der Waals surface area contributed by atoms with E-state index in [4.69, 9.17) is 0 Å². The fraction of sp³-hybridized carbons (Fsp3) is 0.235. The molecule has 0 atom stereocenters. The molecule has 2 rings (SSSR count). The first-order chi connectivity index (χ1) is 10.1. The molecule has 0 aliphatic rings. The van der Waals surface area contributed by atoms with Gasteiger partial charge in [-0.25, -0.2) is 0 Å². The Labute approximate surface area is 138 Å². The van der Waals surface area contributed by atoms with E-state index in [0.29, 0.717) is 12.3 Å². The van der Waals surface area contributed by atoms with E-state index in [9.17, 15) is 4.79 Å². The molecule has 2 nitrogen and oxygen atoms in total. The van der Waals surface area contributed by atoms with Crippen LogP contribution in [0, 0.1) is 6.92 Å². The van der Waals surface area contributed by atoms with Crippen LogP contribution in [0.15, 0.2) is 53.0 Å². The van der Waals surface area contributed by atoms with E-state index in [1.165, 1.54) is 11.1 Å². The van der Waals surface area contributed by atoms with Crippen LogP contribution in [0.5, 0.6) is 0 Å². The van der Waals surface area contributed by atoms with Gasteiger partial charge >= 0.3 is 0 Å². The first-order valence-electron chi connectivity index (χ1n) is 6.78. The molecule has 110 valence electrons. The average molecular weight is 364 g/mol. The summed E-state index contributed by atoms with van der Waals surface area (Å²) < 4.78 is 1.08. The summed E-state index contributed by atoms with van der Waals surface area (Å²) in [6.07, 6.45) is 0. The third-order valence-electron chi connectivity index (χ3n) is 3.03. The minimum atomic E-state index is 0.0812. The van der Waals surface area contributed by atoms with Gasteiger partial charge in [0.25, 0.3) is 0 Å². The smallest absolute Gasteiger partial charge is 0.230 e. The molecule has 2 aromatic rings. The van der Waals surface area contributed by atoms with Crippen LogP contribution in [0.3, 0.4) is 0 Å². The van der Waals surface area contributed by atoms with E-state index in [0.717, 1.165) is 15.8 Å². The number of nitrogens with one attached hydrogen (secondary N) is 1. The Bertz CT molecular complexity index is 581. The molecule has 0 unspecified atom stereocenters. The second-order valence-electron chi connectivity index (χ2n) is 4.88. The number of thioether (sulfide) groups is 1. The van der Waals surface area contributed by atoms with Crippen molar-refractivity contribution in [2.75, 3.05) is 5.75 Å². The van der Waals surface area contributed by atoms with Gasteiger partial charge < -0.3 is 5.32 Å². The van der Waals surface area contributed by atoms with Gasteiger partial charge in [-0.2, -0.15) is 0 Å². The normalized spacial score (nSPS) is 10.4. The highest BCUT2D eigenvalue weighted by Crippen LogP contribution is 2.15. The molecule has 0 bridgehead atoms. The highest BCUT2D eigenvalue weighted by molar-refractivity contribution is 9.10. The molecule has 0 aliphatic heterocycles. The lowest BCUT2D eigenvalue weighted by Crippen LogP contribution is -2.24. The summed E-state index contributed by atoms with van der Waals surface area (Å²) in [6.45, 7) is 2.65. The van der Waals surface area contributed by atoms with E-state index in [1.807, 2.05) is 24.3 Å². The molecule has 1 N–H and O–H groups in total. The zero-order chi connectivity index (χ0) is 15.1. The molecule has 0 heterocycles. The minimum Gasteiger partial charge on any atom is -0.351 e. The summed E-state index contributed by atoms with van der Waals surface area (Å²) in [4.78, 5) is 11.8. The van der Waals surface area contributed by atoms with Gasteiger partial charge in [-0.3, -0.25) is 4.79 Å². The van der Waals surface area contributed by atoms with Crippen molar-refractivity contribution in [1.82, 2.24) is 5.32 Å². The summed E-state index contributed by atoms with van der Waals surface area (Å²) >= 11 is 5.04. The van der Waals surface area contributed by atoms with E-state index < -0.39 is 0 Å². The Morgan fingerprint density at radius 2 is 1.67 bits per heavy atom. The predicted molar refractivity (Wildman–Crippen MR) is 93.3 cm³/mol. The molecule has 21 heavy (non-hydrogen) atoms. The summed E-state index contributed by atoms with van der Waals surface area (Å²) in [6, 6.07) is 16.4. The fourth-order valence-corrected chi connectivity index (χ4v) is 2.88. The van der Waals surface area contributed by atoms with Crippen LogP contribution in [-0.2, 0) is 17.1 Å². The highest BCUT2D eigenvalue weighted by atomic mass is 79.9. The molecule has 0 spiro atoms. The minimum absolute atomic E-state index is 0.0812. The second kappa shape index (κ2) is 8.25. The number of carbonyl (C=O) groups is 1. The zero-order valence-corrected chi connectivity index (χ0v) is 14.3. The van der Waals surface area contributed by atoms with Crippen LogP contribution in [0.25, 0.3) is 0 Å². The lowest BCUT2D eigenvalue weighted by atomic mass is 10.1. The molecule has 0 saturated carbocycles. The van der Waals surface area contributed by atoms with E-state index in [-0.39, 0.29) is 5.91 Å². The lowest BCUT2D eigenvalue weighted by molar-refractivity contribution is -0.118.